The van der Waals surface area contributed by atoms with E-state index in [9.17, 15) is 9.18 Å². The lowest BCUT2D eigenvalue weighted by Crippen LogP contribution is -2.26. The number of benzene rings is 2. The number of ether oxygens (including phenoxy) is 1. The Hall–Kier alpha value is -3.15. The first-order valence-corrected chi connectivity index (χ1v) is 7.77. The molecule has 0 saturated heterocycles. The number of aromatic amines is 1. The normalized spacial score (nSPS) is 10.5. The second-order valence-corrected chi connectivity index (χ2v) is 5.64. The summed E-state index contributed by atoms with van der Waals surface area (Å²) >= 11 is 0. The number of hydrogen-bond acceptors (Lipinski definition) is 3. The zero-order valence-corrected chi connectivity index (χ0v) is 14.0. The van der Waals surface area contributed by atoms with E-state index in [0.717, 1.165) is 11.3 Å². The van der Waals surface area contributed by atoms with Crippen LogP contribution in [0.1, 0.15) is 15.9 Å². The van der Waals surface area contributed by atoms with E-state index in [1.165, 1.54) is 18.3 Å². The monoisotopic (exact) mass is 339 g/mol. The van der Waals surface area contributed by atoms with Gasteiger partial charge in [0, 0.05) is 24.7 Å². The quantitative estimate of drug-likeness (QED) is 0.774. The topological polar surface area (TPSA) is 58.2 Å². The van der Waals surface area contributed by atoms with Crippen molar-refractivity contribution in [3.63, 3.8) is 0 Å². The number of para-hydroxylation sites is 1. The number of rotatable bonds is 5. The van der Waals surface area contributed by atoms with E-state index in [0.29, 0.717) is 23.4 Å². The maximum atomic E-state index is 13.1. The molecule has 1 heterocycles. The molecule has 2 aromatic carbocycles. The summed E-state index contributed by atoms with van der Waals surface area (Å²) in [5, 5.41) is 6.79. The number of aromatic nitrogens is 2. The fraction of sp³-hybridized carbons (Fsp3) is 0.158. The van der Waals surface area contributed by atoms with Gasteiger partial charge in [-0.1, -0.05) is 18.2 Å². The lowest BCUT2D eigenvalue weighted by atomic mass is 10.1. The van der Waals surface area contributed by atoms with Crippen molar-refractivity contribution in [2.24, 2.45) is 0 Å². The van der Waals surface area contributed by atoms with Crippen molar-refractivity contribution in [2.75, 3.05) is 14.2 Å². The van der Waals surface area contributed by atoms with E-state index in [1.807, 2.05) is 24.3 Å². The first-order chi connectivity index (χ1) is 12.1. The molecule has 3 rings (SSSR count). The lowest BCUT2D eigenvalue weighted by molar-refractivity contribution is 0.0785. The van der Waals surface area contributed by atoms with Gasteiger partial charge in [-0.3, -0.25) is 9.89 Å². The predicted molar refractivity (Wildman–Crippen MR) is 92.8 cm³/mol. The highest BCUT2D eigenvalue weighted by Gasteiger charge is 2.20. The Labute approximate surface area is 145 Å². The van der Waals surface area contributed by atoms with Crippen LogP contribution >= 0.6 is 0 Å². The molecule has 0 atom stereocenters. The second-order valence-electron chi connectivity index (χ2n) is 5.64. The molecule has 0 fully saturated rings. The number of nitrogens with zero attached hydrogens (tertiary/aromatic N) is 2. The third kappa shape index (κ3) is 3.52. The Morgan fingerprint density at radius 2 is 1.92 bits per heavy atom. The standard InChI is InChI=1S/C19H18FN3O2/c1-23(12-14-5-3-4-6-17(14)25-2)19(24)16-11-21-22-18(16)13-7-9-15(20)10-8-13/h3-11H,12H2,1-2H3,(H,21,22). The summed E-state index contributed by atoms with van der Waals surface area (Å²) in [6, 6.07) is 13.5. The predicted octanol–water partition coefficient (Wildman–Crippen LogP) is 3.50. The van der Waals surface area contributed by atoms with Crippen LogP contribution in [-0.4, -0.2) is 35.2 Å². The molecule has 1 amide bonds. The number of H-pyrrole nitrogens is 1. The van der Waals surface area contributed by atoms with Crippen LogP contribution in [0.2, 0.25) is 0 Å². The maximum absolute atomic E-state index is 13.1. The van der Waals surface area contributed by atoms with E-state index >= 15 is 0 Å². The van der Waals surface area contributed by atoms with Gasteiger partial charge in [-0.05, 0) is 30.3 Å². The van der Waals surface area contributed by atoms with Crippen molar-refractivity contribution in [2.45, 2.75) is 6.54 Å². The molecule has 1 aromatic heterocycles. The molecule has 0 aliphatic carbocycles. The van der Waals surface area contributed by atoms with Crippen LogP contribution in [0, 0.1) is 5.82 Å². The summed E-state index contributed by atoms with van der Waals surface area (Å²) in [5.74, 6) is 0.219. The van der Waals surface area contributed by atoms with E-state index in [2.05, 4.69) is 10.2 Å². The summed E-state index contributed by atoms with van der Waals surface area (Å²) < 4.78 is 18.4. The highest BCUT2D eigenvalue weighted by Crippen LogP contribution is 2.24. The molecule has 0 aliphatic heterocycles. The van der Waals surface area contributed by atoms with E-state index < -0.39 is 0 Å². The molecule has 0 spiro atoms. The third-order valence-corrected chi connectivity index (χ3v) is 3.95. The number of hydrogen-bond donors (Lipinski definition) is 1. The maximum Gasteiger partial charge on any atom is 0.257 e. The first-order valence-electron chi connectivity index (χ1n) is 7.77. The van der Waals surface area contributed by atoms with Gasteiger partial charge in [0.15, 0.2) is 0 Å². The number of carbonyl (C=O) groups excluding carboxylic acids is 1. The van der Waals surface area contributed by atoms with Crippen LogP contribution in [0.3, 0.4) is 0 Å². The Morgan fingerprint density at radius 1 is 1.20 bits per heavy atom. The van der Waals surface area contributed by atoms with Gasteiger partial charge in [-0.15, -0.1) is 0 Å². The second kappa shape index (κ2) is 7.17. The molecule has 128 valence electrons. The summed E-state index contributed by atoms with van der Waals surface area (Å²) in [6.45, 7) is 0.400. The summed E-state index contributed by atoms with van der Waals surface area (Å²) in [7, 11) is 3.32. The Kier molecular flexibility index (Phi) is 4.79. The summed E-state index contributed by atoms with van der Waals surface area (Å²) in [4.78, 5) is 14.4. The van der Waals surface area contributed by atoms with Crippen molar-refractivity contribution in [3.8, 4) is 17.0 Å². The number of halogens is 1. The molecule has 0 radical (unpaired) electrons. The largest absolute Gasteiger partial charge is 0.496 e. The molecule has 5 nitrogen and oxygen atoms in total. The van der Waals surface area contributed by atoms with Crippen molar-refractivity contribution in [3.05, 3.63) is 71.7 Å². The van der Waals surface area contributed by atoms with Gasteiger partial charge in [-0.25, -0.2) is 4.39 Å². The third-order valence-electron chi connectivity index (χ3n) is 3.95. The van der Waals surface area contributed by atoms with Crippen molar-refractivity contribution < 1.29 is 13.9 Å². The van der Waals surface area contributed by atoms with Crippen molar-refractivity contribution in [1.29, 1.82) is 0 Å². The number of nitrogens with one attached hydrogen (secondary N) is 1. The molecule has 3 aromatic rings. The zero-order chi connectivity index (χ0) is 17.8. The van der Waals surface area contributed by atoms with E-state index in [4.69, 9.17) is 4.74 Å². The minimum absolute atomic E-state index is 0.181. The smallest absolute Gasteiger partial charge is 0.257 e. The van der Waals surface area contributed by atoms with Gasteiger partial charge in [-0.2, -0.15) is 5.10 Å². The van der Waals surface area contributed by atoms with Gasteiger partial charge in [0.25, 0.3) is 5.91 Å². The SMILES string of the molecule is COc1ccccc1CN(C)C(=O)c1cn[nH]c1-c1ccc(F)cc1. The molecular weight excluding hydrogens is 321 g/mol. The van der Waals surface area contributed by atoms with Crippen LogP contribution in [0.25, 0.3) is 11.3 Å². The molecule has 0 aliphatic rings. The molecule has 0 saturated carbocycles. The van der Waals surface area contributed by atoms with Gasteiger partial charge in [0.05, 0.1) is 24.6 Å². The molecule has 6 heteroatoms. The van der Waals surface area contributed by atoms with Gasteiger partial charge in [0.2, 0.25) is 0 Å². The molecule has 0 bridgehead atoms. The summed E-state index contributed by atoms with van der Waals surface area (Å²) in [6.07, 6.45) is 1.49. The van der Waals surface area contributed by atoms with Gasteiger partial charge in [0.1, 0.15) is 11.6 Å². The van der Waals surface area contributed by atoms with E-state index in [-0.39, 0.29) is 11.7 Å². The van der Waals surface area contributed by atoms with Crippen LogP contribution in [0.15, 0.2) is 54.7 Å². The Balaban J connectivity index is 1.84. The van der Waals surface area contributed by atoms with Crippen LogP contribution in [0.5, 0.6) is 5.75 Å². The molecule has 1 N–H and O–H groups in total. The Morgan fingerprint density at radius 3 is 2.64 bits per heavy atom. The minimum Gasteiger partial charge on any atom is -0.496 e. The van der Waals surface area contributed by atoms with Gasteiger partial charge >= 0.3 is 0 Å². The van der Waals surface area contributed by atoms with Crippen molar-refractivity contribution in [1.82, 2.24) is 15.1 Å². The number of carbonyl (C=O) groups is 1. The molecule has 25 heavy (non-hydrogen) atoms. The minimum atomic E-state index is -0.329. The van der Waals surface area contributed by atoms with Crippen LogP contribution < -0.4 is 4.74 Å². The molecular formula is C19H18FN3O2. The molecule has 0 unspecified atom stereocenters. The summed E-state index contributed by atoms with van der Waals surface area (Å²) in [5.41, 5.74) is 2.61. The average Bonchev–Trinajstić information content (AvgIpc) is 3.11. The highest BCUT2D eigenvalue weighted by molar-refractivity contribution is 5.99. The van der Waals surface area contributed by atoms with Crippen LogP contribution in [-0.2, 0) is 6.54 Å². The number of amides is 1. The average molecular weight is 339 g/mol. The first kappa shape index (κ1) is 16.7. The Bertz CT molecular complexity index is 874. The lowest BCUT2D eigenvalue weighted by Gasteiger charge is -2.19. The fourth-order valence-corrected chi connectivity index (χ4v) is 2.65. The fourth-order valence-electron chi connectivity index (χ4n) is 2.65. The highest BCUT2D eigenvalue weighted by atomic mass is 19.1. The van der Waals surface area contributed by atoms with Gasteiger partial charge < -0.3 is 9.64 Å². The van der Waals surface area contributed by atoms with E-state index in [1.54, 1.807) is 31.2 Å². The number of methoxy groups -OCH3 is 1. The zero-order valence-electron chi connectivity index (χ0n) is 14.0. The van der Waals surface area contributed by atoms with Crippen LogP contribution in [0.4, 0.5) is 4.39 Å². The van der Waals surface area contributed by atoms with Crippen molar-refractivity contribution >= 4 is 5.91 Å².